The molecule has 152 valence electrons. The number of anilines is 1. The van der Waals surface area contributed by atoms with Crippen molar-refractivity contribution in [2.75, 3.05) is 18.1 Å². The van der Waals surface area contributed by atoms with Crippen LogP contribution in [0.4, 0.5) is 5.69 Å². The van der Waals surface area contributed by atoms with Crippen LogP contribution < -0.4 is 20.7 Å². The van der Waals surface area contributed by atoms with Gasteiger partial charge in [-0.25, -0.2) is 17.8 Å². The van der Waals surface area contributed by atoms with Crippen LogP contribution in [-0.2, 0) is 16.6 Å². The van der Waals surface area contributed by atoms with Gasteiger partial charge in [-0.3, -0.25) is 9.52 Å². The molecule has 0 aliphatic carbocycles. The molecule has 1 heterocycles. The molecule has 11 heteroatoms. The first kappa shape index (κ1) is 20.6. The molecule has 3 aromatic rings. The predicted octanol–water partition coefficient (Wildman–Crippen LogP) is 1.48. The highest BCUT2D eigenvalue weighted by atomic mass is 35.5. The second-order valence-electron chi connectivity index (χ2n) is 6.15. The van der Waals surface area contributed by atoms with Gasteiger partial charge in [0.15, 0.2) is 0 Å². The lowest BCUT2D eigenvalue weighted by molar-refractivity contribution is 0.367. The molecule has 0 atom stereocenters. The zero-order valence-electron chi connectivity index (χ0n) is 15.5. The average molecular weight is 437 g/mol. The summed E-state index contributed by atoms with van der Waals surface area (Å²) in [4.78, 5) is 25.5. The lowest BCUT2D eigenvalue weighted by atomic mass is 10.2. The Morgan fingerprint density at radius 3 is 2.45 bits per heavy atom. The fraction of sp³-hybridized carbons (Fsp3) is 0.167. The number of nitrogens with one attached hydrogen (secondary N) is 1. The minimum atomic E-state index is -3.51. The number of sulfonamides is 1. The van der Waals surface area contributed by atoms with Gasteiger partial charge in [0.1, 0.15) is 0 Å². The SMILES string of the molecule is COc1nn(-c2cccc(NS(C)(=O)=O)c2)c(=O)n(Cc2ccc(Cl)cc2)c1=O. The van der Waals surface area contributed by atoms with E-state index in [0.717, 1.165) is 15.5 Å². The van der Waals surface area contributed by atoms with Crippen LogP contribution in [0, 0.1) is 0 Å². The topological polar surface area (TPSA) is 112 Å². The number of rotatable bonds is 6. The van der Waals surface area contributed by atoms with Crippen LogP contribution in [0.3, 0.4) is 0 Å². The normalized spacial score (nSPS) is 11.3. The molecule has 0 saturated heterocycles. The van der Waals surface area contributed by atoms with Gasteiger partial charge in [0, 0.05) is 5.02 Å². The minimum Gasteiger partial charge on any atom is -0.476 e. The molecule has 1 aromatic heterocycles. The van der Waals surface area contributed by atoms with E-state index in [4.69, 9.17) is 16.3 Å². The summed E-state index contributed by atoms with van der Waals surface area (Å²) < 4.78 is 32.3. The van der Waals surface area contributed by atoms with Crippen molar-refractivity contribution in [2.24, 2.45) is 0 Å². The van der Waals surface area contributed by atoms with Crippen molar-refractivity contribution in [1.29, 1.82) is 0 Å². The quantitative estimate of drug-likeness (QED) is 0.626. The molecule has 0 unspecified atom stereocenters. The van der Waals surface area contributed by atoms with E-state index in [1.807, 2.05) is 0 Å². The molecule has 0 aliphatic rings. The Morgan fingerprint density at radius 2 is 1.83 bits per heavy atom. The average Bonchev–Trinajstić information content (AvgIpc) is 2.66. The summed E-state index contributed by atoms with van der Waals surface area (Å²) in [5.41, 5.74) is -0.211. The van der Waals surface area contributed by atoms with Crippen molar-refractivity contribution < 1.29 is 13.2 Å². The molecule has 0 saturated carbocycles. The van der Waals surface area contributed by atoms with E-state index >= 15 is 0 Å². The van der Waals surface area contributed by atoms with Crippen molar-refractivity contribution in [3.8, 4) is 11.6 Å². The largest absolute Gasteiger partial charge is 0.476 e. The van der Waals surface area contributed by atoms with E-state index in [-0.39, 0.29) is 23.8 Å². The van der Waals surface area contributed by atoms with Gasteiger partial charge in [0.25, 0.3) is 5.88 Å². The standard InChI is InChI=1S/C18H17ClN4O5S/c1-28-16-17(24)22(11-12-6-8-13(19)9-7-12)18(25)23(20-16)15-5-3-4-14(10-15)21-29(2,26)27/h3-10,21H,11H2,1-2H3. The van der Waals surface area contributed by atoms with Crippen LogP contribution in [0.15, 0.2) is 58.1 Å². The minimum absolute atomic E-state index is 0.0189. The van der Waals surface area contributed by atoms with Gasteiger partial charge in [-0.2, -0.15) is 4.68 Å². The molecular weight excluding hydrogens is 420 g/mol. The summed E-state index contributed by atoms with van der Waals surface area (Å²) in [7, 11) is -2.24. The Labute approximate surface area is 171 Å². The molecule has 29 heavy (non-hydrogen) atoms. The molecular formula is C18H17ClN4O5S. The maximum absolute atomic E-state index is 13.0. The zero-order chi connectivity index (χ0) is 21.2. The lowest BCUT2D eigenvalue weighted by Gasteiger charge is -2.12. The molecule has 1 N–H and O–H groups in total. The fourth-order valence-electron chi connectivity index (χ4n) is 2.62. The molecule has 0 fully saturated rings. The van der Waals surface area contributed by atoms with Gasteiger partial charge in [0.05, 0.1) is 31.3 Å². The molecule has 0 amide bonds. The first-order valence-corrected chi connectivity index (χ1v) is 10.6. The number of hydrogen-bond acceptors (Lipinski definition) is 6. The monoisotopic (exact) mass is 436 g/mol. The Balaban J connectivity index is 2.13. The van der Waals surface area contributed by atoms with E-state index in [0.29, 0.717) is 10.6 Å². The van der Waals surface area contributed by atoms with E-state index in [2.05, 4.69) is 9.82 Å². The summed E-state index contributed by atoms with van der Waals surface area (Å²) in [5, 5.41) is 4.49. The van der Waals surface area contributed by atoms with Crippen LogP contribution in [-0.4, -0.2) is 36.1 Å². The van der Waals surface area contributed by atoms with Crippen molar-refractivity contribution in [3.63, 3.8) is 0 Å². The van der Waals surface area contributed by atoms with Gasteiger partial charge < -0.3 is 4.74 Å². The second-order valence-corrected chi connectivity index (χ2v) is 8.33. The number of nitrogens with zero attached hydrogens (tertiary/aromatic N) is 3. The number of ether oxygens (including phenoxy) is 1. The number of methoxy groups -OCH3 is 1. The molecule has 0 aliphatic heterocycles. The van der Waals surface area contributed by atoms with E-state index < -0.39 is 21.3 Å². The highest BCUT2D eigenvalue weighted by Gasteiger charge is 2.16. The summed E-state index contributed by atoms with van der Waals surface area (Å²) in [6, 6.07) is 12.8. The second kappa shape index (κ2) is 8.10. The van der Waals surface area contributed by atoms with Gasteiger partial charge in [-0.05, 0) is 35.9 Å². The zero-order valence-corrected chi connectivity index (χ0v) is 17.1. The molecule has 0 spiro atoms. The van der Waals surface area contributed by atoms with Gasteiger partial charge in [-0.1, -0.05) is 29.8 Å². The van der Waals surface area contributed by atoms with E-state index in [1.54, 1.807) is 36.4 Å². The van der Waals surface area contributed by atoms with Gasteiger partial charge >= 0.3 is 11.2 Å². The summed E-state index contributed by atoms with van der Waals surface area (Å²) in [6.45, 7) is -0.0189. The summed E-state index contributed by atoms with van der Waals surface area (Å²) in [5.74, 6) is -0.278. The molecule has 0 bridgehead atoms. The highest BCUT2D eigenvalue weighted by molar-refractivity contribution is 7.92. The van der Waals surface area contributed by atoms with Crippen LogP contribution in [0.1, 0.15) is 5.56 Å². The third kappa shape index (κ3) is 4.84. The Hall–Kier alpha value is -3.11. The predicted molar refractivity (Wildman–Crippen MR) is 110 cm³/mol. The van der Waals surface area contributed by atoms with E-state index in [1.165, 1.54) is 19.2 Å². The van der Waals surface area contributed by atoms with Crippen LogP contribution >= 0.6 is 11.6 Å². The number of benzene rings is 2. The highest BCUT2D eigenvalue weighted by Crippen LogP contribution is 2.15. The molecule has 2 aromatic carbocycles. The maximum Gasteiger partial charge on any atom is 0.352 e. The molecule has 3 rings (SSSR count). The summed E-state index contributed by atoms with van der Waals surface area (Å²) in [6.07, 6.45) is 1.01. The van der Waals surface area contributed by atoms with Crippen molar-refractivity contribution in [1.82, 2.24) is 14.3 Å². The van der Waals surface area contributed by atoms with E-state index in [9.17, 15) is 18.0 Å². The van der Waals surface area contributed by atoms with Gasteiger partial charge in [0.2, 0.25) is 10.0 Å². The van der Waals surface area contributed by atoms with Crippen molar-refractivity contribution in [3.05, 3.63) is 80.0 Å². The third-order valence-electron chi connectivity index (χ3n) is 3.87. The summed E-state index contributed by atoms with van der Waals surface area (Å²) >= 11 is 5.88. The number of halogens is 1. The Morgan fingerprint density at radius 1 is 1.14 bits per heavy atom. The van der Waals surface area contributed by atoms with Crippen LogP contribution in [0.2, 0.25) is 5.02 Å². The molecule has 9 nitrogen and oxygen atoms in total. The Kier molecular flexibility index (Phi) is 5.76. The van der Waals surface area contributed by atoms with Gasteiger partial charge in [-0.15, -0.1) is 5.10 Å². The first-order chi connectivity index (χ1) is 13.7. The molecule has 0 radical (unpaired) electrons. The van der Waals surface area contributed by atoms with Crippen molar-refractivity contribution >= 4 is 27.3 Å². The maximum atomic E-state index is 13.0. The smallest absolute Gasteiger partial charge is 0.352 e. The fourth-order valence-corrected chi connectivity index (χ4v) is 3.30. The Bertz CT molecular complexity index is 1270. The van der Waals surface area contributed by atoms with Crippen LogP contribution in [0.25, 0.3) is 5.69 Å². The number of hydrogen-bond donors (Lipinski definition) is 1. The van der Waals surface area contributed by atoms with Crippen LogP contribution in [0.5, 0.6) is 5.88 Å². The third-order valence-corrected chi connectivity index (χ3v) is 4.73. The number of aromatic nitrogens is 3. The lowest BCUT2D eigenvalue weighted by Crippen LogP contribution is -2.41. The van der Waals surface area contributed by atoms with Crippen molar-refractivity contribution in [2.45, 2.75) is 6.54 Å². The first-order valence-electron chi connectivity index (χ1n) is 8.29.